The van der Waals surface area contributed by atoms with Crippen LogP contribution in [0.5, 0.6) is 5.75 Å². The molecule has 3 nitrogen and oxygen atoms in total. The Labute approximate surface area is 125 Å². The standard InChI is InChI=1S/C13H17Br2NO2/c1-13(2,8-14)16(3)12(17)10-7-9(18-4)5-6-11(10)15/h5-7H,8H2,1-4H3. The highest BCUT2D eigenvalue weighted by Gasteiger charge is 2.28. The van der Waals surface area contributed by atoms with Crippen LogP contribution in [0, 0.1) is 0 Å². The Morgan fingerprint density at radius 2 is 2.06 bits per heavy atom. The number of hydrogen-bond acceptors (Lipinski definition) is 2. The van der Waals surface area contributed by atoms with Crippen LogP contribution in [0.3, 0.4) is 0 Å². The molecule has 0 aliphatic carbocycles. The second-order valence-electron chi connectivity index (χ2n) is 4.66. The van der Waals surface area contributed by atoms with Gasteiger partial charge in [-0.05, 0) is 48.0 Å². The molecular weight excluding hydrogens is 362 g/mol. The highest BCUT2D eigenvalue weighted by atomic mass is 79.9. The fraction of sp³-hybridized carbons (Fsp3) is 0.462. The summed E-state index contributed by atoms with van der Waals surface area (Å²) < 4.78 is 5.92. The van der Waals surface area contributed by atoms with Crippen molar-refractivity contribution in [2.75, 3.05) is 19.5 Å². The molecule has 0 saturated heterocycles. The van der Waals surface area contributed by atoms with Gasteiger partial charge in [0, 0.05) is 22.4 Å². The van der Waals surface area contributed by atoms with Crippen molar-refractivity contribution in [3.63, 3.8) is 0 Å². The molecule has 0 fully saturated rings. The van der Waals surface area contributed by atoms with Crippen molar-refractivity contribution in [3.8, 4) is 5.75 Å². The van der Waals surface area contributed by atoms with Crippen LogP contribution >= 0.6 is 31.9 Å². The summed E-state index contributed by atoms with van der Waals surface area (Å²) in [6, 6.07) is 5.38. The van der Waals surface area contributed by atoms with Gasteiger partial charge >= 0.3 is 0 Å². The van der Waals surface area contributed by atoms with Crippen LogP contribution in [0.25, 0.3) is 0 Å². The van der Waals surface area contributed by atoms with Crippen molar-refractivity contribution in [2.45, 2.75) is 19.4 Å². The van der Waals surface area contributed by atoms with Gasteiger partial charge in [0.05, 0.1) is 12.7 Å². The van der Waals surface area contributed by atoms with E-state index < -0.39 is 0 Å². The number of hydrogen-bond donors (Lipinski definition) is 0. The number of carbonyl (C=O) groups is 1. The first-order chi connectivity index (χ1) is 8.33. The van der Waals surface area contributed by atoms with Gasteiger partial charge in [0.1, 0.15) is 5.75 Å². The second-order valence-corrected chi connectivity index (χ2v) is 6.07. The monoisotopic (exact) mass is 377 g/mol. The molecule has 0 atom stereocenters. The number of halogens is 2. The molecule has 1 aromatic carbocycles. The lowest BCUT2D eigenvalue weighted by molar-refractivity contribution is 0.0662. The Bertz CT molecular complexity index is 447. The molecule has 0 spiro atoms. The molecule has 18 heavy (non-hydrogen) atoms. The molecule has 0 aromatic heterocycles. The number of benzene rings is 1. The summed E-state index contributed by atoms with van der Waals surface area (Å²) in [4.78, 5) is 14.2. The van der Waals surface area contributed by atoms with Crippen LogP contribution in [0.15, 0.2) is 22.7 Å². The first kappa shape index (κ1) is 15.5. The van der Waals surface area contributed by atoms with Gasteiger partial charge in [-0.25, -0.2) is 0 Å². The first-order valence-electron chi connectivity index (χ1n) is 5.51. The number of nitrogens with zero attached hydrogens (tertiary/aromatic N) is 1. The van der Waals surface area contributed by atoms with Crippen molar-refractivity contribution < 1.29 is 9.53 Å². The quantitative estimate of drug-likeness (QED) is 0.747. The summed E-state index contributed by atoms with van der Waals surface area (Å²) in [5.74, 6) is 0.636. The highest BCUT2D eigenvalue weighted by molar-refractivity contribution is 9.10. The minimum absolute atomic E-state index is 0.0368. The van der Waals surface area contributed by atoms with Gasteiger partial charge in [0.25, 0.3) is 5.91 Å². The number of methoxy groups -OCH3 is 1. The number of rotatable bonds is 4. The lowest BCUT2D eigenvalue weighted by Crippen LogP contribution is -2.46. The number of alkyl halides is 1. The molecule has 0 aliphatic heterocycles. The van der Waals surface area contributed by atoms with E-state index in [1.165, 1.54) is 0 Å². The van der Waals surface area contributed by atoms with E-state index in [1.54, 1.807) is 25.1 Å². The second kappa shape index (κ2) is 6.06. The molecule has 1 aromatic rings. The van der Waals surface area contributed by atoms with Gasteiger partial charge in [-0.2, -0.15) is 0 Å². The average molecular weight is 379 g/mol. The summed E-state index contributed by atoms with van der Waals surface area (Å²) in [6.45, 7) is 4.02. The smallest absolute Gasteiger partial charge is 0.255 e. The maximum absolute atomic E-state index is 12.5. The van der Waals surface area contributed by atoms with Crippen LogP contribution in [0.2, 0.25) is 0 Å². The third-order valence-electron chi connectivity index (χ3n) is 2.94. The normalized spacial score (nSPS) is 11.2. The molecule has 100 valence electrons. The number of ether oxygens (including phenoxy) is 1. The van der Waals surface area contributed by atoms with Crippen LogP contribution < -0.4 is 4.74 Å². The van der Waals surface area contributed by atoms with Crippen molar-refractivity contribution >= 4 is 37.8 Å². The van der Waals surface area contributed by atoms with E-state index in [0.29, 0.717) is 16.6 Å². The molecule has 0 unspecified atom stereocenters. The zero-order valence-corrected chi connectivity index (χ0v) is 14.1. The summed E-state index contributed by atoms with van der Waals surface area (Å²) in [6.07, 6.45) is 0. The molecule has 0 aliphatic rings. The maximum atomic E-state index is 12.5. The van der Waals surface area contributed by atoms with Crippen molar-refractivity contribution in [3.05, 3.63) is 28.2 Å². The lowest BCUT2D eigenvalue weighted by Gasteiger charge is -2.34. The summed E-state index contributed by atoms with van der Waals surface area (Å²) in [5.41, 5.74) is 0.352. The van der Waals surface area contributed by atoms with E-state index in [4.69, 9.17) is 4.74 Å². The van der Waals surface area contributed by atoms with E-state index in [2.05, 4.69) is 31.9 Å². The third kappa shape index (κ3) is 3.26. The molecule has 1 rings (SSSR count). The van der Waals surface area contributed by atoms with Crippen LogP contribution in [0.1, 0.15) is 24.2 Å². The average Bonchev–Trinajstić information content (AvgIpc) is 2.37. The predicted molar refractivity (Wildman–Crippen MR) is 80.7 cm³/mol. The van der Waals surface area contributed by atoms with Crippen LogP contribution in [0.4, 0.5) is 0 Å². The van der Waals surface area contributed by atoms with Gasteiger partial charge in [-0.1, -0.05) is 15.9 Å². The van der Waals surface area contributed by atoms with Crippen LogP contribution in [-0.2, 0) is 0 Å². The molecule has 1 amide bonds. The largest absolute Gasteiger partial charge is 0.497 e. The maximum Gasteiger partial charge on any atom is 0.255 e. The molecule has 0 saturated carbocycles. The summed E-state index contributed by atoms with van der Waals surface area (Å²) >= 11 is 6.83. The molecule has 0 radical (unpaired) electrons. The minimum Gasteiger partial charge on any atom is -0.497 e. The van der Waals surface area contributed by atoms with Gasteiger partial charge in [0.2, 0.25) is 0 Å². The van der Waals surface area contributed by atoms with Crippen LogP contribution in [-0.4, -0.2) is 35.8 Å². The number of carbonyl (C=O) groups excluding carboxylic acids is 1. The first-order valence-corrected chi connectivity index (χ1v) is 7.42. The van der Waals surface area contributed by atoms with E-state index in [9.17, 15) is 4.79 Å². The Morgan fingerprint density at radius 1 is 1.44 bits per heavy atom. The van der Waals surface area contributed by atoms with Gasteiger partial charge in [0.15, 0.2) is 0 Å². The van der Waals surface area contributed by atoms with Gasteiger partial charge in [-0.3, -0.25) is 4.79 Å². The van der Waals surface area contributed by atoms with Crippen molar-refractivity contribution in [1.82, 2.24) is 4.90 Å². The topological polar surface area (TPSA) is 29.5 Å². The van der Waals surface area contributed by atoms with Crippen molar-refractivity contribution in [2.24, 2.45) is 0 Å². The summed E-state index contributed by atoms with van der Waals surface area (Å²) in [5, 5.41) is 0.712. The Morgan fingerprint density at radius 3 is 2.56 bits per heavy atom. The van der Waals surface area contributed by atoms with E-state index in [0.717, 1.165) is 4.47 Å². The number of amides is 1. The van der Waals surface area contributed by atoms with E-state index in [-0.39, 0.29) is 11.4 Å². The zero-order chi connectivity index (χ0) is 13.9. The molecule has 0 N–H and O–H groups in total. The fourth-order valence-electron chi connectivity index (χ4n) is 1.34. The zero-order valence-electron chi connectivity index (χ0n) is 11.0. The van der Waals surface area contributed by atoms with Gasteiger partial charge in [-0.15, -0.1) is 0 Å². The minimum atomic E-state index is -0.250. The molecule has 0 bridgehead atoms. The van der Waals surface area contributed by atoms with E-state index in [1.807, 2.05) is 26.0 Å². The fourth-order valence-corrected chi connectivity index (χ4v) is 2.13. The van der Waals surface area contributed by atoms with Crippen molar-refractivity contribution in [1.29, 1.82) is 0 Å². The lowest BCUT2D eigenvalue weighted by atomic mass is 10.0. The molecular formula is C13H17Br2NO2. The Kier molecular flexibility index (Phi) is 5.22. The SMILES string of the molecule is COc1ccc(Br)c(C(=O)N(C)C(C)(C)CBr)c1. The Balaban J connectivity index is 3.11. The predicted octanol–water partition coefficient (Wildman–Crippen LogP) is 3.70. The highest BCUT2D eigenvalue weighted by Crippen LogP contribution is 2.26. The molecule has 0 heterocycles. The van der Waals surface area contributed by atoms with E-state index >= 15 is 0 Å². The van der Waals surface area contributed by atoms with Gasteiger partial charge < -0.3 is 9.64 Å². The third-order valence-corrected chi connectivity index (χ3v) is 5.01. The molecule has 5 heteroatoms. The summed E-state index contributed by atoms with van der Waals surface area (Å²) in [7, 11) is 3.39. The Hall–Kier alpha value is -0.550.